The van der Waals surface area contributed by atoms with E-state index in [2.05, 4.69) is 5.32 Å². The molecule has 2 aromatic carbocycles. The van der Waals surface area contributed by atoms with E-state index in [9.17, 15) is 28.3 Å². The smallest absolute Gasteiger partial charge is 0.329 e. The van der Waals surface area contributed by atoms with E-state index in [1.807, 2.05) is 30.3 Å². The van der Waals surface area contributed by atoms with Crippen LogP contribution in [0, 0.1) is 0 Å². The molecule has 1 fully saturated rings. The molecular formula is C28H34F2N2O5. The number of rotatable bonds is 12. The second kappa shape index (κ2) is 11.7. The third kappa shape index (κ3) is 6.84. The van der Waals surface area contributed by atoms with Gasteiger partial charge in [0, 0.05) is 19.4 Å². The van der Waals surface area contributed by atoms with Crippen LogP contribution in [0.15, 0.2) is 48.5 Å². The molecule has 0 bridgehead atoms. The fourth-order valence-corrected chi connectivity index (χ4v) is 4.67. The number of carbonyl (C=O) groups excluding carboxylic acids is 2. The van der Waals surface area contributed by atoms with Crippen molar-refractivity contribution in [1.82, 2.24) is 10.2 Å². The van der Waals surface area contributed by atoms with Gasteiger partial charge >= 0.3 is 12.0 Å². The molecule has 1 aliphatic carbocycles. The second-order valence-corrected chi connectivity index (χ2v) is 9.58. The number of carboxylic acid groups (broad SMARTS) is 1. The van der Waals surface area contributed by atoms with E-state index < -0.39 is 42.3 Å². The Bertz CT molecular complexity index is 1110. The molecule has 0 radical (unpaired) electrons. The molecule has 7 nitrogen and oxygen atoms in total. The number of Topliss-reactive ketones (excluding diaryl/α,β-unsaturated/α-hetero) is 1. The summed E-state index contributed by atoms with van der Waals surface area (Å²) < 4.78 is 32.9. The van der Waals surface area contributed by atoms with E-state index in [4.69, 9.17) is 4.74 Å². The molecular weight excluding hydrogens is 482 g/mol. The Hall–Kier alpha value is -3.49. The number of amides is 2. The van der Waals surface area contributed by atoms with E-state index in [0.29, 0.717) is 29.9 Å². The van der Waals surface area contributed by atoms with E-state index in [0.717, 1.165) is 18.4 Å². The van der Waals surface area contributed by atoms with Crippen molar-refractivity contribution in [2.24, 2.45) is 0 Å². The molecule has 0 heterocycles. The van der Waals surface area contributed by atoms with Crippen molar-refractivity contribution in [2.45, 2.75) is 70.4 Å². The summed E-state index contributed by atoms with van der Waals surface area (Å²) in [5.41, 5.74) is 0.250. The molecule has 200 valence electrons. The van der Waals surface area contributed by atoms with Gasteiger partial charge in [0.1, 0.15) is 5.75 Å². The zero-order chi connectivity index (χ0) is 27.2. The number of hydrogen-bond donors (Lipinski definition) is 2. The number of carboxylic acids is 1. The molecule has 1 aliphatic rings. The fourth-order valence-electron chi connectivity index (χ4n) is 4.67. The third-order valence-corrected chi connectivity index (χ3v) is 6.73. The third-order valence-electron chi connectivity index (χ3n) is 6.73. The number of ketones is 1. The number of urea groups is 1. The average molecular weight is 517 g/mol. The lowest BCUT2D eigenvalue weighted by molar-refractivity contribution is -0.175. The molecule has 2 amide bonds. The number of aliphatic carboxylic acids is 1. The Labute approximate surface area is 215 Å². The summed E-state index contributed by atoms with van der Waals surface area (Å²) in [6.45, 7) is 5.64. The number of benzene rings is 2. The van der Waals surface area contributed by atoms with Crippen molar-refractivity contribution in [3.8, 4) is 5.75 Å². The second-order valence-electron chi connectivity index (χ2n) is 9.58. The standard InChI is InChI=1S/C28H34F2N2O5/c1-4-37-24-16-22(13-14-23(24)20(3)33)19(2)32(15-9-8-12-21-10-6-5-7-11-21)26(36)31-27(25(34)35)17-28(29,30)18-27/h5-7,10-11,13-14,16,19H,4,8-9,12,15,17-18H2,1-3H3,(H,31,36)(H,34,35). The Morgan fingerprint density at radius 3 is 2.35 bits per heavy atom. The first kappa shape index (κ1) is 28.1. The van der Waals surface area contributed by atoms with Crippen LogP contribution in [-0.4, -0.2) is 52.4 Å². The van der Waals surface area contributed by atoms with E-state index in [-0.39, 0.29) is 12.3 Å². The van der Waals surface area contributed by atoms with Gasteiger partial charge in [-0.3, -0.25) is 4.79 Å². The van der Waals surface area contributed by atoms with Crippen molar-refractivity contribution in [3.05, 3.63) is 65.2 Å². The highest BCUT2D eigenvalue weighted by molar-refractivity contribution is 5.97. The minimum Gasteiger partial charge on any atom is -0.493 e. The molecule has 37 heavy (non-hydrogen) atoms. The Balaban J connectivity index is 1.81. The summed E-state index contributed by atoms with van der Waals surface area (Å²) in [4.78, 5) is 38.6. The van der Waals surface area contributed by atoms with E-state index >= 15 is 0 Å². The summed E-state index contributed by atoms with van der Waals surface area (Å²) >= 11 is 0. The van der Waals surface area contributed by atoms with Gasteiger partial charge in [0.2, 0.25) is 0 Å². The van der Waals surface area contributed by atoms with Gasteiger partial charge < -0.3 is 20.1 Å². The zero-order valence-electron chi connectivity index (χ0n) is 21.4. The first-order valence-corrected chi connectivity index (χ1v) is 12.5. The number of nitrogens with zero attached hydrogens (tertiary/aromatic N) is 1. The van der Waals surface area contributed by atoms with Gasteiger partial charge in [0.05, 0.1) is 18.2 Å². The van der Waals surface area contributed by atoms with Crippen LogP contribution in [0.4, 0.5) is 13.6 Å². The van der Waals surface area contributed by atoms with Crippen LogP contribution in [0.2, 0.25) is 0 Å². The maximum atomic E-state index is 13.6. The lowest BCUT2D eigenvalue weighted by atomic mass is 9.73. The molecule has 1 atom stereocenters. The van der Waals surface area contributed by atoms with Gasteiger partial charge in [-0.15, -0.1) is 0 Å². The highest BCUT2D eigenvalue weighted by Crippen LogP contribution is 2.46. The summed E-state index contributed by atoms with van der Waals surface area (Å²) in [7, 11) is 0. The van der Waals surface area contributed by atoms with Crippen molar-refractivity contribution >= 4 is 17.8 Å². The van der Waals surface area contributed by atoms with Crippen LogP contribution in [0.5, 0.6) is 5.75 Å². The first-order valence-electron chi connectivity index (χ1n) is 12.5. The van der Waals surface area contributed by atoms with Crippen molar-refractivity contribution < 1.29 is 33.0 Å². The van der Waals surface area contributed by atoms with Crippen molar-refractivity contribution in [2.75, 3.05) is 13.2 Å². The Morgan fingerprint density at radius 2 is 1.78 bits per heavy atom. The summed E-state index contributed by atoms with van der Waals surface area (Å²) in [6.07, 6.45) is 0.304. The van der Waals surface area contributed by atoms with Gasteiger partial charge in [-0.05, 0) is 63.3 Å². The van der Waals surface area contributed by atoms with Crippen molar-refractivity contribution in [1.29, 1.82) is 0 Å². The fraction of sp³-hybridized carbons (Fsp3) is 0.464. The predicted molar refractivity (Wildman–Crippen MR) is 135 cm³/mol. The number of halogens is 2. The van der Waals surface area contributed by atoms with Gasteiger partial charge in [0.25, 0.3) is 5.92 Å². The monoisotopic (exact) mass is 516 g/mol. The van der Waals surface area contributed by atoms with Crippen LogP contribution >= 0.6 is 0 Å². The summed E-state index contributed by atoms with van der Waals surface area (Å²) in [5.74, 6) is -4.38. The van der Waals surface area contributed by atoms with Crippen LogP contribution in [0.3, 0.4) is 0 Å². The van der Waals surface area contributed by atoms with Crippen LogP contribution in [0.1, 0.15) is 74.0 Å². The molecule has 0 spiro atoms. The SMILES string of the molecule is CCOc1cc(C(C)N(CCCCc2ccccc2)C(=O)NC2(C(=O)O)CC(F)(F)C2)ccc1C(C)=O. The number of hydrogen-bond acceptors (Lipinski definition) is 4. The van der Waals surface area contributed by atoms with Gasteiger partial charge in [-0.25, -0.2) is 18.4 Å². The van der Waals surface area contributed by atoms with Gasteiger partial charge in [0.15, 0.2) is 11.3 Å². The number of alkyl halides is 2. The quantitative estimate of drug-likeness (QED) is 0.281. The van der Waals surface area contributed by atoms with E-state index in [1.54, 1.807) is 32.0 Å². The average Bonchev–Trinajstić information content (AvgIpc) is 2.82. The molecule has 2 N–H and O–H groups in total. The predicted octanol–water partition coefficient (Wildman–Crippen LogP) is 5.64. The summed E-state index contributed by atoms with van der Waals surface area (Å²) in [5, 5.41) is 12.0. The minimum atomic E-state index is -3.13. The van der Waals surface area contributed by atoms with Gasteiger partial charge in [-0.2, -0.15) is 0 Å². The van der Waals surface area contributed by atoms with Crippen LogP contribution in [0.25, 0.3) is 0 Å². The largest absolute Gasteiger partial charge is 0.493 e. The van der Waals surface area contributed by atoms with Crippen LogP contribution < -0.4 is 10.1 Å². The topological polar surface area (TPSA) is 95.9 Å². The number of aryl methyl sites for hydroxylation is 1. The minimum absolute atomic E-state index is 0.160. The molecule has 9 heteroatoms. The molecule has 0 saturated heterocycles. The molecule has 3 rings (SSSR count). The molecule has 0 aromatic heterocycles. The number of nitrogens with one attached hydrogen (secondary N) is 1. The Morgan fingerprint density at radius 1 is 1.11 bits per heavy atom. The number of ether oxygens (including phenoxy) is 1. The van der Waals surface area contributed by atoms with Crippen molar-refractivity contribution in [3.63, 3.8) is 0 Å². The Kier molecular flexibility index (Phi) is 8.89. The highest BCUT2D eigenvalue weighted by Gasteiger charge is 2.62. The molecule has 2 aromatic rings. The lowest BCUT2D eigenvalue weighted by Crippen LogP contribution is -2.68. The van der Waals surface area contributed by atoms with E-state index in [1.165, 1.54) is 11.8 Å². The molecule has 1 unspecified atom stereocenters. The normalized spacial score (nSPS) is 16.2. The lowest BCUT2D eigenvalue weighted by Gasteiger charge is -2.45. The molecule has 0 aliphatic heterocycles. The number of carbonyl (C=O) groups is 3. The first-order chi connectivity index (χ1) is 17.5. The number of unbranched alkanes of at least 4 members (excludes halogenated alkanes) is 1. The van der Waals surface area contributed by atoms with Crippen LogP contribution in [-0.2, 0) is 11.2 Å². The maximum Gasteiger partial charge on any atom is 0.329 e. The van der Waals surface area contributed by atoms with Gasteiger partial charge in [-0.1, -0.05) is 36.4 Å². The summed E-state index contributed by atoms with van der Waals surface area (Å²) in [6, 6.07) is 13.7. The maximum absolute atomic E-state index is 13.6. The highest BCUT2D eigenvalue weighted by atomic mass is 19.3. The zero-order valence-corrected chi connectivity index (χ0v) is 21.4. The molecule has 1 saturated carbocycles.